The lowest BCUT2D eigenvalue weighted by Gasteiger charge is -2.13. The van der Waals surface area contributed by atoms with Gasteiger partial charge in [-0.15, -0.1) is 0 Å². The quantitative estimate of drug-likeness (QED) is 0.739. The van der Waals surface area contributed by atoms with Gasteiger partial charge in [-0.2, -0.15) is 0 Å². The Balaban J connectivity index is 2.08. The molecule has 1 unspecified atom stereocenters. The molecule has 4 N–H and O–H groups in total. The van der Waals surface area contributed by atoms with Gasteiger partial charge >= 0.3 is 6.03 Å². The summed E-state index contributed by atoms with van der Waals surface area (Å²) in [5.74, 6) is 0. The monoisotopic (exact) mass is 285 g/mol. The van der Waals surface area contributed by atoms with Crippen LogP contribution in [0.1, 0.15) is 6.42 Å². The van der Waals surface area contributed by atoms with Gasteiger partial charge in [0.25, 0.3) is 0 Å². The molecule has 0 aromatic heterocycles. The van der Waals surface area contributed by atoms with Crippen LogP contribution >= 0.6 is 0 Å². The molecule has 2 rings (SSSR count). The standard InChI is InChI=1S/C11H15N3O4S/c12-19(16,17)10-4-2-1-3-9(10)14-11(15)13-8-5-6-18-7-8/h1-4,8H,5-7H2,(H2,12,16,17)(H2,13,14,15). The normalized spacial score (nSPS) is 19.1. The molecule has 1 aliphatic heterocycles. The van der Waals surface area contributed by atoms with E-state index in [1.54, 1.807) is 6.07 Å². The van der Waals surface area contributed by atoms with E-state index in [2.05, 4.69) is 10.6 Å². The van der Waals surface area contributed by atoms with E-state index in [-0.39, 0.29) is 16.6 Å². The summed E-state index contributed by atoms with van der Waals surface area (Å²) in [6, 6.07) is 5.43. The Bertz CT molecular complexity index is 567. The molecule has 104 valence electrons. The van der Waals surface area contributed by atoms with Gasteiger partial charge < -0.3 is 15.4 Å². The number of ether oxygens (including phenoxy) is 1. The first kappa shape index (κ1) is 13.8. The van der Waals surface area contributed by atoms with E-state index in [0.717, 1.165) is 6.42 Å². The van der Waals surface area contributed by atoms with E-state index in [4.69, 9.17) is 9.88 Å². The van der Waals surface area contributed by atoms with Crippen molar-refractivity contribution in [3.63, 3.8) is 0 Å². The van der Waals surface area contributed by atoms with Crippen LogP contribution in [0.2, 0.25) is 0 Å². The first-order chi connectivity index (χ1) is 8.97. The van der Waals surface area contributed by atoms with Crippen LogP contribution in [0.25, 0.3) is 0 Å². The number of carbonyl (C=O) groups is 1. The molecule has 8 heteroatoms. The zero-order valence-corrected chi connectivity index (χ0v) is 10.9. The number of sulfonamides is 1. The molecule has 1 heterocycles. The topological polar surface area (TPSA) is 111 Å². The molecule has 1 aromatic carbocycles. The first-order valence-electron chi connectivity index (χ1n) is 5.74. The molecule has 0 aliphatic carbocycles. The van der Waals surface area contributed by atoms with Crippen LogP contribution in [0.15, 0.2) is 29.2 Å². The minimum atomic E-state index is -3.87. The van der Waals surface area contributed by atoms with Crippen molar-refractivity contribution in [1.29, 1.82) is 0 Å². The Kier molecular flexibility index (Phi) is 4.03. The Morgan fingerprint density at radius 1 is 1.37 bits per heavy atom. The number of benzene rings is 1. The van der Waals surface area contributed by atoms with Crippen molar-refractivity contribution < 1.29 is 17.9 Å². The molecule has 1 atom stereocenters. The number of hydrogen-bond donors (Lipinski definition) is 3. The van der Waals surface area contributed by atoms with Crippen molar-refractivity contribution in [3.8, 4) is 0 Å². The zero-order chi connectivity index (χ0) is 13.9. The maximum Gasteiger partial charge on any atom is 0.319 e. The maximum absolute atomic E-state index is 11.7. The summed E-state index contributed by atoms with van der Waals surface area (Å²) in [5, 5.41) is 10.3. The molecular formula is C11H15N3O4S. The lowest BCUT2D eigenvalue weighted by Crippen LogP contribution is -2.38. The number of hydrogen-bond acceptors (Lipinski definition) is 4. The van der Waals surface area contributed by atoms with Crippen molar-refractivity contribution >= 4 is 21.7 Å². The average molecular weight is 285 g/mol. The van der Waals surface area contributed by atoms with E-state index in [0.29, 0.717) is 13.2 Å². The summed E-state index contributed by atoms with van der Waals surface area (Å²) in [6.07, 6.45) is 0.740. The van der Waals surface area contributed by atoms with Gasteiger partial charge in [0, 0.05) is 6.61 Å². The molecule has 1 aromatic rings. The van der Waals surface area contributed by atoms with Crippen molar-refractivity contribution in [3.05, 3.63) is 24.3 Å². The number of primary sulfonamides is 1. The van der Waals surface area contributed by atoms with Gasteiger partial charge in [0.2, 0.25) is 10.0 Å². The van der Waals surface area contributed by atoms with Crippen LogP contribution in [-0.4, -0.2) is 33.7 Å². The highest BCUT2D eigenvalue weighted by Gasteiger charge is 2.19. The lowest BCUT2D eigenvalue weighted by atomic mass is 10.3. The number of urea groups is 1. The first-order valence-corrected chi connectivity index (χ1v) is 7.28. The van der Waals surface area contributed by atoms with Crippen LogP contribution in [0.3, 0.4) is 0 Å². The number of nitrogens with one attached hydrogen (secondary N) is 2. The van der Waals surface area contributed by atoms with Gasteiger partial charge in [0.05, 0.1) is 18.3 Å². The molecule has 0 bridgehead atoms. The average Bonchev–Trinajstić information content (AvgIpc) is 2.81. The molecule has 0 saturated carbocycles. The zero-order valence-electron chi connectivity index (χ0n) is 10.1. The predicted molar refractivity (Wildman–Crippen MR) is 69.2 cm³/mol. The third-order valence-electron chi connectivity index (χ3n) is 2.71. The highest BCUT2D eigenvalue weighted by molar-refractivity contribution is 7.89. The number of nitrogens with two attached hydrogens (primary N) is 1. The summed E-state index contributed by atoms with van der Waals surface area (Å²) in [4.78, 5) is 11.6. The third-order valence-corrected chi connectivity index (χ3v) is 3.68. The Hall–Kier alpha value is -1.64. The van der Waals surface area contributed by atoms with Crippen LogP contribution in [0, 0.1) is 0 Å². The molecule has 1 aliphatic rings. The minimum Gasteiger partial charge on any atom is -0.379 e. The molecule has 0 radical (unpaired) electrons. The summed E-state index contributed by atoms with van der Waals surface area (Å²) < 4.78 is 27.9. The molecule has 2 amide bonds. The van der Waals surface area contributed by atoms with Crippen LogP contribution in [0.4, 0.5) is 10.5 Å². The summed E-state index contributed by atoms with van der Waals surface area (Å²) in [6.45, 7) is 1.07. The van der Waals surface area contributed by atoms with E-state index in [1.807, 2.05) is 0 Å². The second-order valence-electron chi connectivity index (χ2n) is 4.20. The Morgan fingerprint density at radius 2 is 2.11 bits per heavy atom. The highest BCUT2D eigenvalue weighted by atomic mass is 32.2. The summed E-state index contributed by atoms with van der Waals surface area (Å²) in [5.41, 5.74) is 0.154. The second kappa shape index (κ2) is 5.55. The van der Waals surface area contributed by atoms with Crippen molar-refractivity contribution in [2.24, 2.45) is 5.14 Å². The van der Waals surface area contributed by atoms with Gasteiger partial charge in [0.1, 0.15) is 4.90 Å². The van der Waals surface area contributed by atoms with E-state index >= 15 is 0 Å². The third kappa shape index (κ3) is 3.66. The van der Waals surface area contributed by atoms with Crippen molar-refractivity contribution in [1.82, 2.24) is 5.32 Å². The van der Waals surface area contributed by atoms with Crippen molar-refractivity contribution in [2.75, 3.05) is 18.5 Å². The van der Waals surface area contributed by atoms with Gasteiger partial charge in [-0.3, -0.25) is 0 Å². The summed E-state index contributed by atoms with van der Waals surface area (Å²) >= 11 is 0. The highest BCUT2D eigenvalue weighted by Crippen LogP contribution is 2.19. The molecule has 1 fully saturated rings. The number of anilines is 1. The fourth-order valence-electron chi connectivity index (χ4n) is 1.81. The molecule has 1 saturated heterocycles. The molecule has 0 spiro atoms. The van der Waals surface area contributed by atoms with Gasteiger partial charge in [-0.05, 0) is 18.6 Å². The molecule has 7 nitrogen and oxygen atoms in total. The lowest BCUT2D eigenvalue weighted by molar-refractivity contribution is 0.189. The number of amides is 2. The van der Waals surface area contributed by atoms with Crippen LogP contribution < -0.4 is 15.8 Å². The van der Waals surface area contributed by atoms with E-state index < -0.39 is 16.1 Å². The number of para-hydroxylation sites is 1. The van der Waals surface area contributed by atoms with Crippen molar-refractivity contribution in [2.45, 2.75) is 17.4 Å². The Morgan fingerprint density at radius 3 is 2.74 bits per heavy atom. The van der Waals surface area contributed by atoms with Gasteiger partial charge in [0.15, 0.2) is 0 Å². The van der Waals surface area contributed by atoms with Gasteiger partial charge in [-0.1, -0.05) is 12.1 Å². The van der Waals surface area contributed by atoms with E-state index in [9.17, 15) is 13.2 Å². The number of carbonyl (C=O) groups excluding carboxylic acids is 1. The maximum atomic E-state index is 11.7. The van der Waals surface area contributed by atoms with E-state index in [1.165, 1.54) is 18.2 Å². The van der Waals surface area contributed by atoms with Crippen LogP contribution in [0.5, 0.6) is 0 Å². The fourth-order valence-corrected chi connectivity index (χ4v) is 2.50. The Labute approximate surface area is 111 Å². The largest absolute Gasteiger partial charge is 0.379 e. The summed E-state index contributed by atoms with van der Waals surface area (Å²) in [7, 11) is -3.87. The smallest absolute Gasteiger partial charge is 0.319 e. The molecular weight excluding hydrogens is 270 g/mol. The van der Waals surface area contributed by atoms with Crippen LogP contribution in [-0.2, 0) is 14.8 Å². The minimum absolute atomic E-state index is 0.0540. The fraction of sp³-hybridized carbons (Fsp3) is 0.364. The predicted octanol–water partition coefficient (Wildman–Crippen LogP) is 0.244. The second-order valence-corrected chi connectivity index (χ2v) is 5.73. The van der Waals surface area contributed by atoms with Gasteiger partial charge in [-0.25, -0.2) is 18.4 Å². The SMILES string of the molecule is NS(=O)(=O)c1ccccc1NC(=O)NC1CCOC1. The molecule has 19 heavy (non-hydrogen) atoms. The number of rotatable bonds is 3.